The van der Waals surface area contributed by atoms with Crippen LogP contribution in [-0.2, 0) is 5.41 Å². The SMILES string of the molecule is C=C(N)c1c(OC)cc(-c2cnn3cc(C(C)(C)C#N)ccc23)cc1OC(F)F. The van der Waals surface area contributed by atoms with E-state index in [1.54, 1.807) is 23.0 Å². The van der Waals surface area contributed by atoms with Crippen molar-refractivity contribution in [1.82, 2.24) is 9.61 Å². The van der Waals surface area contributed by atoms with Gasteiger partial charge >= 0.3 is 6.61 Å². The lowest BCUT2D eigenvalue weighted by Gasteiger charge is -2.17. The van der Waals surface area contributed by atoms with E-state index in [2.05, 4.69) is 22.5 Å². The van der Waals surface area contributed by atoms with Crippen LogP contribution in [0.15, 0.2) is 43.2 Å². The molecule has 2 heterocycles. The molecule has 0 radical (unpaired) electrons. The van der Waals surface area contributed by atoms with Crippen molar-refractivity contribution in [3.8, 4) is 28.7 Å². The van der Waals surface area contributed by atoms with Gasteiger partial charge in [-0.05, 0) is 43.2 Å². The van der Waals surface area contributed by atoms with Crippen molar-refractivity contribution in [2.45, 2.75) is 25.9 Å². The summed E-state index contributed by atoms with van der Waals surface area (Å²) in [5.74, 6) is 0.121. The van der Waals surface area contributed by atoms with E-state index in [-0.39, 0.29) is 22.8 Å². The molecule has 0 fully saturated rings. The molecule has 29 heavy (non-hydrogen) atoms. The van der Waals surface area contributed by atoms with Crippen molar-refractivity contribution >= 4 is 11.2 Å². The molecule has 0 aliphatic rings. The van der Waals surface area contributed by atoms with E-state index in [9.17, 15) is 14.0 Å². The first-order chi connectivity index (χ1) is 13.7. The summed E-state index contributed by atoms with van der Waals surface area (Å²) < 4.78 is 37.5. The zero-order valence-electron chi connectivity index (χ0n) is 16.2. The predicted octanol–water partition coefficient (Wildman–Crippen LogP) is 4.34. The first kappa shape index (κ1) is 20.1. The number of halogens is 2. The summed E-state index contributed by atoms with van der Waals surface area (Å²) in [6.07, 6.45) is 3.38. The van der Waals surface area contributed by atoms with Crippen molar-refractivity contribution < 1.29 is 18.3 Å². The quantitative estimate of drug-likeness (QED) is 0.668. The summed E-state index contributed by atoms with van der Waals surface area (Å²) >= 11 is 0. The standard InChI is InChI=1S/C21H20F2N4O2/c1-12(25)19-17(28-4)7-13(8-18(19)29-20(22)23)15-9-26-27-10-14(5-6-16(15)27)21(2,3)11-24/h5-10,20H,1,25H2,2-4H3. The molecule has 8 heteroatoms. The van der Waals surface area contributed by atoms with Gasteiger partial charge in [-0.1, -0.05) is 12.6 Å². The van der Waals surface area contributed by atoms with Crippen molar-refractivity contribution in [1.29, 1.82) is 5.26 Å². The molecule has 0 spiro atoms. The molecular formula is C21H20F2N4O2. The van der Waals surface area contributed by atoms with Gasteiger partial charge in [0.25, 0.3) is 0 Å². The van der Waals surface area contributed by atoms with E-state index in [1.165, 1.54) is 13.2 Å². The normalized spacial score (nSPS) is 11.5. The average molecular weight is 398 g/mol. The van der Waals surface area contributed by atoms with E-state index >= 15 is 0 Å². The highest BCUT2D eigenvalue weighted by Gasteiger charge is 2.22. The average Bonchev–Trinajstić information content (AvgIpc) is 3.09. The fourth-order valence-corrected chi connectivity index (χ4v) is 3.05. The minimum absolute atomic E-state index is 0.0484. The maximum atomic E-state index is 12.9. The molecule has 0 aliphatic carbocycles. The third kappa shape index (κ3) is 3.72. The van der Waals surface area contributed by atoms with Crippen molar-refractivity contribution in [3.05, 3.63) is 54.4 Å². The van der Waals surface area contributed by atoms with Gasteiger partial charge < -0.3 is 15.2 Å². The molecule has 0 unspecified atom stereocenters. The zero-order valence-corrected chi connectivity index (χ0v) is 16.2. The summed E-state index contributed by atoms with van der Waals surface area (Å²) in [6, 6.07) is 9.03. The Kier molecular flexibility index (Phi) is 5.16. The maximum Gasteiger partial charge on any atom is 0.387 e. The molecule has 150 valence electrons. The second kappa shape index (κ2) is 7.43. The Balaban J connectivity index is 2.19. The number of ether oxygens (including phenoxy) is 2. The van der Waals surface area contributed by atoms with Crippen LogP contribution in [0, 0.1) is 11.3 Å². The van der Waals surface area contributed by atoms with Crippen LogP contribution in [-0.4, -0.2) is 23.3 Å². The van der Waals surface area contributed by atoms with Crippen LogP contribution in [0.25, 0.3) is 22.3 Å². The van der Waals surface area contributed by atoms with E-state index in [4.69, 9.17) is 10.5 Å². The van der Waals surface area contributed by atoms with Gasteiger partial charge in [0.15, 0.2) is 0 Å². The Labute approximate surface area is 166 Å². The molecule has 2 aromatic heterocycles. The molecule has 3 aromatic rings. The number of nitriles is 1. The molecule has 0 amide bonds. The van der Waals surface area contributed by atoms with Crippen LogP contribution in [0.4, 0.5) is 8.78 Å². The van der Waals surface area contributed by atoms with Gasteiger partial charge in [-0.3, -0.25) is 0 Å². The van der Waals surface area contributed by atoms with E-state index in [0.29, 0.717) is 11.1 Å². The van der Waals surface area contributed by atoms with Gasteiger partial charge in [-0.15, -0.1) is 0 Å². The van der Waals surface area contributed by atoms with Gasteiger partial charge in [-0.25, -0.2) is 4.52 Å². The maximum absolute atomic E-state index is 12.9. The number of aromatic nitrogens is 2. The van der Waals surface area contributed by atoms with E-state index < -0.39 is 12.0 Å². The van der Waals surface area contributed by atoms with Gasteiger partial charge in [-0.2, -0.15) is 19.1 Å². The summed E-state index contributed by atoms with van der Waals surface area (Å²) in [4.78, 5) is 0. The topological polar surface area (TPSA) is 85.6 Å². The number of fused-ring (bicyclic) bond motifs is 1. The number of methoxy groups -OCH3 is 1. The second-order valence-corrected chi connectivity index (χ2v) is 7.00. The monoisotopic (exact) mass is 398 g/mol. The van der Waals surface area contributed by atoms with Crippen molar-refractivity contribution in [2.24, 2.45) is 5.73 Å². The summed E-state index contributed by atoms with van der Waals surface area (Å²) in [5, 5.41) is 13.7. The highest BCUT2D eigenvalue weighted by atomic mass is 19.3. The predicted molar refractivity (Wildman–Crippen MR) is 106 cm³/mol. The van der Waals surface area contributed by atoms with E-state index in [0.717, 1.165) is 11.1 Å². The number of hydrogen-bond acceptors (Lipinski definition) is 5. The fourth-order valence-electron chi connectivity index (χ4n) is 3.05. The molecule has 0 saturated carbocycles. The summed E-state index contributed by atoms with van der Waals surface area (Å²) in [5.41, 5.74) is 8.07. The smallest absolute Gasteiger partial charge is 0.387 e. The van der Waals surface area contributed by atoms with E-state index in [1.807, 2.05) is 26.0 Å². The molecule has 0 aliphatic heterocycles. The Morgan fingerprint density at radius 3 is 2.59 bits per heavy atom. The van der Waals surface area contributed by atoms with Crippen LogP contribution in [0.2, 0.25) is 0 Å². The van der Waals surface area contributed by atoms with Gasteiger partial charge in [0, 0.05) is 17.5 Å². The summed E-state index contributed by atoms with van der Waals surface area (Å²) in [6.45, 7) is 4.21. The minimum Gasteiger partial charge on any atom is -0.496 e. The number of pyridine rings is 1. The number of nitrogens with two attached hydrogens (primary N) is 1. The number of nitrogens with zero attached hydrogens (tertiary/aromatic N) is 3. The van der Waals surface area contributed by atoms with Gasteiger partial charge in [0.05, 0.1) is 35.9 Å². The molecule has 0 atom stereocenters. The van der Waals surface area contributed by atoms with Crippen LogP contribution in [0.1, 0.15) is 25.0 Å². The molecule has 0 bridgehead atoms. The highest BCUT2D eigenvalue weighted by molar-refractivity contribution is 5.84. The van der Waals surface area contributed by atoms with Gasteiger partial charge in [0.1, 0.15) is 11.5 Å². The third-order valence-electron chi connectivity index (χ3n) is 4.65. The number of alkyl halides is 2. The number of hydrogen-bond donors (Lipinski definition) is 1. The first-order valence-electron chi connectivity index (χ1n) is 8.69. The molecule has 1 aromatic carbocycles. The van der Waals surface area contributed by atoms with Crippen LogP contribution in [0.3, 0.4) is 0 Å². The third-order valence-corrected chi connectivity index (χ3v) is 4.65. The van der Waals surface area contributed by atoms with Crippen molar-refractivity contribution in [3.63, 3.8) is 0 Å². The lowest BCUT2D eigenvalue weighted by molar-refractivity contribution is -0.0500. The molecule has 2 N–H and O–H groups in total. The Morgan fingerprint density at radius 1 is 1.31 bits per heavy atom. The first-order valence-corrected chi connectivity index (χ1v) is 8.69. The number of benzene rings is 1. The highest BCUT2D eigenvalue weighted by Crippen LogP contribution is 2.39. The number of rotatable bonds is 6. The van der Waals surface area contributed by atoms with Crippen LogP contribution < -0.4 is 15.2 Å². The Hall–Kier alpha value is -3.60. The Morgan fingerprint density at radius 2 is 2.00 bits per heavy atom. The molecule has 6 nitrogen and oxygen atoms in total. The molecular weight excluding hydrogens is 378 g/mol. The van der Waals surface area contributed by atoms with Crippen molar-refractivity contribution in [2.75, 3.05) is 7.11 Å². The zero-order chi connectivity index (χ0) is 21.3. The second-order valence-electron chi connectivity index (χ2n) is 7.00. The van der Waals surface area contributed by atoms with Crippen LogP contribution >= 0.6 is 0 Å². The fraction of sp³-hybridized carbons (Fsp3) is 0.238. The molecule has 3 rings (SSSR count). The Bertz CT molecular complexity index is 1130. The van der Waals surface area contributed by atoms with Crippen LogP contribution in [0.5, 0.6) is 11.5 Å². The largest absolute Gasteiger partial charge is 0.496 e. The molecule has 0 saturated heterocycles. The lowest BCUT2D eigenvalue weighted by Crippen LogP contribution is -2.14. The van der Waals surface area contributed by atoms with Gasteiger partial charge in [0.2, 0.25) is 0 Å². The summed E-state index contributed by atoms with van der Waals surface area (Å²) in [7, 11) is 1.41. The lowest BCUT2D eigenvalue weighted by atomic mass is 9.87. The minimum atomic E-state index is -3.03.